The first-order valence-electron chi connectivity index (χ1n) is 8.52. The molecule has 22 heavy (non-hydrogen) atoms. The molecule has 0 saturated carbocycles. The zero-order valence-corrected chi connectivity index (χ0v) is 15.1. The topological polar surface area (TPSA) is 55.8 Å². The molecule has 2 heterocycles. The van der Waals surface area contributed by atoms with Gasteiger partial charge in [0, 0.05) is 25.8 Å². The normalized spacial score (nSPS) is 22.3. The molecule has 0 radical (unpaired) electrons. The van der Waals surface area contributed by atoms with E-state index in [1.165, 1.54) is 0 Å². The Bertz CT molecular complexity index is 346. The summed E-state index contributed by atoms with van der Waals surface area (Å²) in [6.45, 7) is 9.98. The third-order valence-corrected chi connectivity index (χ3v) is 7.05. The van der Waals surface area contributed by atoms with Crippen LogP contribution >= 0.6 is 0 Å². The van der Waals surface area contributed by atoms with Crippen molar-refractivity contribution in [3.63, 3.8) is 0 Å². The summed E-state index contributed by atoms with van der Waals surface area (Å²) in [6, 6.07) is 0.872. The third-order valence-electron chi connectivity index (χ3n) is 3.92. The van der Waals surface area contributed by atoms with Crippen LogP contribution in [-0.2, 0) is 18.0 Å². The standard InChI is InChI=1S/C15H30N2O4Si/c1-4-19-22(20-5-2,11-7-6-8-15-12-18-15)21-14(3)17-10-9-16-13-17/h13-15H,4-12H2,1-3H3. The summed E-state index contributed by atoms with van der Waals surface area (Å²) in [4.78, 5) is 6.36. The molecule has 0 bridgehead atoms. The maximum absolute atomic E-state index is 6.32. The molecule has 2 unspecified atom stereocenters. The molecule has 0 N–H and O–H groups in total. The fraction of sp³-hybridized carbons (Fsp3) is 0.933. The highest BCUT2D eigenvalue weighted by atomic mass is 28.4. The van der Waals surface area contributed by atoms with Crippen molar-refractivity contribution in [2.75, 3.05) is 32.9 Å². The molecule has 0 spiro atoms. The Morgan fingerprint density at radius 1 is 1.32 bits per heavy atom. The van der Waals surface area contributed by atoms with Gasteiger partial charge in [-0.2, -0.15) is 0 Å². The van der Waals surface area contributed by atoms with Crippen molar-refractivity contribution >= 4 is 15.1 Å². The molecule has 0 aliphatic carbocycles. The second-order valence-electron chi connectivity index (χ2n) is 5.73. The molecule has 0 amide bonds. The largest absolute Gasteiger partial charge is 0.502 e. The van der Waals surface area contributed by atoms with Crippen LogP contribution in [0, 0.1) is 0 Å². The number of ether oxygens (including phenoxy) is 1. The van der Waals surface area contributed by atoms with Crippen molar-refractivity contribution in [2.45, 2.75) is 58.4 Å². The summed E-state index contributed by atoms with van der Waals surface area (Å²) in [5.41, 5.74) is 0. The smallest absolute Gasteiger partial charge is 0.374 e. The van der Waals surface area contributed by atoms with Gasteiger partial charge in [0.2, 0.25) is 0 Å². The van der Waals surface area contributed by atoms with Crippen molar-refractivity contribution in [3.05, 3.63) is 0 Å². The number of epoxide rings is 1. The zero-order chi connectivity index (χ0) is 15.8. The van der Waals surface area contributed by atoms with Gasteiger partial charge < -0.3 is 22.9 Å². The Balaban J connectivity index is 1.86. The Kier molecular flexibility index (Phi) is 7.29. The molecule has 2 aliphatic heterocycles. The Hall–Kier alpha value is -0.473. The van der Waals surface area contributed by atoms with Crippen LogP contribution < -0.4 is 0 Å². The van der Waals surface area contributed by atoms with Crippen LogP contribution in [0.25, 0.3) is 0 Å². The highest BCUT2D eigenvalue weighted by Crippen LogP contribution is 2.25. The van der Waals surface area contributed by atoms with Crippen LogP contribution in [-0.4, -0.2) is 65.3 Å². The molecule has 2 rings (SSSR count). The maximum atomic E-state index is 6.32. The Labute approximate surface area is 135 Å². The van der Waals surface area contributed by atoms with Gasteiger partial charge in [-0.05, 0) is 33.6 Å². The summed E-state index contributed by atoms with van der Waals surface area (Å²) >= 11 is 0. The van der Waals surface area contributed by atoms with Crippen LogP contribution in [0.3, 0.4) is 0 Å². The molecule has 1 fully saturated rings. The van der Waals surface area contributed by atoms with Gasteiger partial charge in [0.25, 0.3) is 0 Å². The zero-order valence-electron chi connectivity index (χ0n) is 14.1. The molecule has 6 nitrogen and oxygen atoms in total. The second kappa shape index (κ2) is 8.98. The highest BCUT2D eigenvalue weighted by Gasteiger charge is 2.42. The minimum atomic E-state index is -2.62. The number of aliphatic imine (C=N–C) groups is 1. The summed E-state index contributed by atoms with van der Waals surface area (Å²) < 4.78 is 23.6. The van der Waals surface area contributed by atoms with E-state index in [4.69, 9.17) is 18.0 Å². The SMILES string of the molecule is CCO[Si](CCCCC1CO1)(OCC)OC(C)N1C=NCC1. The predicted molar refractivity (Wildman–Crippen MR) is 88.0 cm³/mol. The quantitative estimate of drug-likeness (QED) is 0.312. The lowest BCUT2D eigenvalue weighted by Crippen LogP contribution is -2.51. The molecule has 128 valence electrons. The first-order chi connectivity index (χ1) is 10.7. The lowest BCUT2D eigenvalue weighted by molar-refractivity contribution is -0.00379. The highest BCUT2D eigenvalue weighted by molar-refractivity contribution is 6.60. The van der Waals surface area contributed by atoms with Crippen molar-refractivity contribution in [3.8, 4) is 0 Å². The van der Waals surface area contributed by atoms with E-state index in [1.807, 2.05) is 20.2 Å². The molecule has 0 aromatic carbocycles. The molecular weight excluding hydrogens is 300 g/mol. The van der Waals surface area contributed by atoms with E-state index in [9.17, 15) is 0 Å². The van der Waals surface area contributed by atoms with Gasteiger partial charge >= 0.3 is 8.80 Å². The van der Waals surface area contributed by atoms with Crippen molar-refractivity contribution < 1.29 is 18.0 Å². The molecule has 2 atom stereocenters. The fourth-order valence-electron chi connectivity index (χ4n) is 2.70. The first-order valence-corrected chi connectivity index (χ1v) is 10.5. The van der Waals surface area contributed by atoms with Crippen molar-refractivity contribution in [2.24, 2.45) is 4.99 Å². The van der Waals surface area contributed by atoms with Crippen LogP contribution in [0.5, 0.6) is 0 Å². The van der Waals surface area contributed by atoms with Gasteiger partial charge in [0.05, 0.1) is 25.6 Å². The molecular formula is C15H30N2O4Si. The van der Waals surface area contributed by atoms with Gasteiger partial charge in [-0.1, -0.05) is 6.42 Å². The minimum Gasteiger partial charge on any atom is -0.374 e. The van der Waals surface area contributed by atoms with Crippen molar-refractivity contribution in [1.29, 1.82) is 0 Å². The van der Waals surface area contributed by atoms with Crippen LogP contribution in [0.1, 0.15) is 40.0 Å². The lowest BCUT2D eigenvalue weighted by atomic mass is 10.2. The Morgan fingerprint density at radius 2 is 2.05 bits per heavy atom. The summed E-state index contributed by atoms with van der Waals surface area (Å²) in [5.74, 6) is 0. The number of rotatable bonds is 12. The van der Waals surface area contributed by atoms with E-state index < -0.39 is 8.80 Å². The van der Waals surface area contributed by atoms with Gasteiger partial charge in [-0.15, -0.1) is 0 Å². The molecule has 1 saturated heterocycles. The van der Waals surface area contributed by atoms with Crippen LogP contribution in [0.4, 0.5) is 0 Å². The monoisotopic (exact) mass is 330 g/mol. The lowest BCUT2D eigenvalue weighted by Gasteiger charge is -2.34. The molecule has 0 aromatic rings. The summed E-state index contributed by atoms with van der Waals surface area (Å²) in [5, 5.41) is 0. The number of hydrogen-bond donors (Lipinski definition) is 0. The Morgan fingerprint density at radius 3 is 2.59 bits per heavy atom. The van der Waals surface area contributed by atoms with Gasteiger partial charge in [0.15, 0.2) is 0 Å². The van der Waals surface area contributed by atoms with Gasteiger partial charge in [-0.25, -0.2) is 0 Å². The van der Waals surface area contributed by atoms with E-state index in [0.29, 0.717) is 19.3 Å². The van der Waals surface area contributed by atoms with Crippen molar-refractivity contribution in [1.82, 2.24) is 4.90 Å². The summed E-state index contributed by atoms with van der Waals surface area (Å²) in [6.07, 6.45) is 5.65. The van der Waals surface area contributed by atoms with E-state index >= 15 is 0 Å². The van der Waals surface area contributed by atoms with E-state index in [1.54, 1.807) is 0 Å². The third kappa shape index (κ3) is 5.62. The second-order valence-corrected chi connectivity index (χ2v) is 8.41. The maximum Gasteiger partial charge on any atom is 0.502 e. The minimum absolute atomic E-state index is 0.0530. The summed E-state index contributed by atoms with van der Waals surface area (Å²) in [7, 11) is -2.62. The number of hydrogen-bond acceptors (Lipinski definition) is 6. The average Bonchev–Trinajstić information content (AvgIpc) is 3.14. The van der Waals surface area contributed by atoms with Crippen LogP contribution in [0.2, 0.25) is 6.04 Å². The van der Waals surface area contributed by atoms with Gasteiger partial charge in [0.1, 0.15) is 6.23 Å². The predicted octanol–water partition coefficient (Wildman–Crippen LogP) is 2.27. The fourth-order valence-corrected chi connectivity index (χ4v) is 5.54. The van der Waals surface area contributed by atoms with E-state index in [-0.39, 0.29) is 6.23 Å². The number of unbranched alkanes of at least 4 members (excludes halogenated alkanes) is 1. The number of nitrogens with zero attached hydrogens (tertiary/aromatic N) is 2. The van der Waals surface area contributed by atoms with E-state index in [0.717, 1.165) is 45.0 Å². The van der Waals surface area contributed by atoms with Gasteiger partial charge in [-0.3, -0.25) is 4.99 Å². The molecule has 7 heteroatoms. The molecule has 2 aliphatic rings. The first kappa shape index (κ1) is 17.9. The van der Waals surface area contributed by atoms with E-state index in [2.05, 4.69) is 16.8 Å². The molecule has 0 aromatic heterocycles. The van der Waals surface area contributed by atoms with Crippen LogP contribution in [0.15, 0.2) is 4.99 Å². The average molecular weight is 331 g/mol.